The van der Waals surface area contributed by atoms with Crippen LogP contribution in [0.5, 0.6) is 0 Å². The van der Waals surface area contributed by atoms with Crippen molar-refractivity contribution < 1.29 is 19.2 Å². The Kier molecular flexibility index (Phi) is 3.57. The predicted octanol–water partition coefficient (Wildman–Crippen LogP) is 3.24. The lowest BCUT2D eigenvalue weighted by atomic mass is 9.76. The molecule has 33 heavy (non-hydrogen) atoms. The molecule has 1 aliphatic carbocycles. The summed E-state index contributed by atoms with van der Waals surface area (Å²) in [6.07, 6.45) is 1.49. The number of carbonyl (C=O) groups excluding carboxylic acids is 4. The first-order valence-electron chi connectivity index (χ1n) is 11.4. The predicted molar refractivity (Wildman–Crippen MR) is 121 cm³/mol. The van der Waals surface area contributed by atoms with Gasteiger partial charge in [0.05, 0.1) is 17.5 Å². The lowest BCUT2D eigenvalue weighted by Gasteiger charge is -2.35. The summed E-state index contributed by atoms with van der Waals surface area (Å²) in [7, 11) is 0. The number of amides is 2. The van der Waals surface area contributed by atoms with Crippen molar-refractivity contribution in [3.63, 3.8) is 0 Å². The highest BCUT2D eigenvalue weighted by Crippen LogP contribution is 2.57. The number of hydrogen-bond donors (Lipinski definition) is 0. The maximum Gasteiger partial charge on any atom is 0.240 e. The minimum Gasteiger partial charge on any atom is -0.291 e. The first-order chi connectivity index (χ1) is 16.0. The fourth-order valence-corrected chi connectivity index (χ4v) is 6.81. The van der Waals surface area contributed by atoms with E-state index in [0.29, 0.717) is 29.8 Å². The third kappa shape index (κ3) is 2.08. The van der Waals surface area contributed by atoms with Crippen molar-refractivity contribution >= 4 is 39.8 Å². The van der Waals surface area contributed by atoms with E-state index >= 15 is 0 Å². The summed E-state index contributed by atoms with van der Waals surface area (Å²) in [4.78, 5) is 58.5. The molecular weight excluding hydrogens is 416 g/mol. The summed E-state index contributed by atoms with van der Waals surface area (Å²) < 4.78 is 0. The van der Waals surface area contributed by atoms with Gasteiger partial charge in [-0.2, -0.15) is 0 Å². The van der Waals surface area contributed by atoms with Crippen molar-refractivity contribution in [3.8, 4) is 0 Å². The molecule has 1 spiro atoms. The molecule has 3 fully saturated rings. The molecule has 7 rings (SSSR count). The van der Waals surface area contributed by atoms with Crippen molar-refractivity contribution in [2.45, 2.75) is 24.4 Å². The number of anilines is 1. The topological polar surface area (TPSA) is 74.8 Å². The van der Waals surface area contributed by atoms with E-state index in [0.717, 1.165) is 17.2 Å². The largest absolute Gasteiger partial charge is 0.291 e. The van der Waals surface area contributed by atoms with Gasteiger partial charge in [0.1, 0.15) is 0 Å². The zero-order valence-electron chi connectivity index (χ0n) is 17.7. The average Bonchev–Trinajstić information content (AvgIpc) is 3.53. The van der Waals surface area contributed by atoms with Crippen LogP contribution in [0.25, 0.3) is 10.8 Å². The zero-order valence-corrected chi connectivity index (χ0v) is 17.7. The van der Waals surface area contributed by atoms with Crippen LogP contribution in [0.1, 0.15) is 33.6 Å². The summed E-state index contributed by atoms with van der Waals surface area (Å²) in [5.74, 6) is -3.08. The van der Waals surface area contributed by atoms with Crippen molar-refractivity contribution in [2.24, 2.45) is 11.8 Å². The van der Waals surface area contributed by atoms with E-state index in [1.165, 1.54) is 4.90 Å². The van der Waals surface area contributed by atoms with Gasteiger partial charge >= 0.3 is 0 Å². The number of Topliss-reactive ketones (excluding diaryl/α,β-unsaturated/α-hetero) is 2. The average molecular weight is 436 g/mol. The minimum absolute atomic E-state index is 0.279. The molecule has 0 bridgehead atoms. The molecule has 6 heteroatoms. The molecule has 0 saturated carbocycles. The maximum atomic E-state index is 13.9. The number of hydrogen-bond acceptors (Lipinski definition) is 5. The zero-order chi connectivity index (χ0) is 22.5. The molecule has 162 valence electrons. The Morgan fingerprint density at radius 1 is 0.758 bits per heavy atom. The monoisotopic (exact) mass is 436 g/mol. The molecule has 3 atom stereocenters. The van der Waals surface area contributed by atoms with Crippen molar-refractivity contribution in [1.29, 1.82) is 0 Å². The number of fused-ring (bicyclic) bond motifs is 7. The van der Waals surface area contributed by atoms with Gasteiger partial charge < -0.3 is 0 Å². The van der Waals surface area contributed by atoms with E-state index in [9.17, 15) is 19.2 Å². The molecule has 3 aromatic carbocycles. The summed E-state index contributed by atoms with van der Waals surface area (Å²) in [6.45, 7) is 0.541. The van der Waals surface area contributed by atoms with E-state index < -0.39 is 23.3 Å². The molecule has 3 aliphatic heterocycles. The van der Waals surface area contributed by atoms with Gasteiger partial charge in [0.2, 0.25) is 11.8 Å². The third-order valence-electron chi connectivity index (χ3n) is 8.07. The van der Waals surface area contributed by atoms with Crippen LogP contribution in [0.3, 0.4) is 0 Å². The van der Waals surface area contributed by atoms with Crippen LogP contribution in [0.15, 0.2) is 66.7 Å². The minimum atomic E-state index is -1.60. The normalized spacial score (nSPS) is 27.6. The molecule has 3 unspecified atom stereocenters. The standard InChI is InChI=1S/C27H20N2O4/c30-23-18-8-3-4-9-19(18)24(31)27(23)22-21(20-10-5-13-28(20)27)25(32)29(26(22)33)17-12-11-15-6-1-2-7-16(15)14-17/h1-4,6-9,11-12,14,20-22H,5,10,13H2. The van der Waals surface area contributed by atoms with Gasteiger partial charge in [-0.25, -0.2) is 4.90 Å². The Morgan fingerprint density at radius 3 is 2.15 bits per heavy atom. The van der Waals surface area contributed by atoms with Crippen LogP contribution in [-0.4, -0.2) is 46.4 Å². The van der Waals surface area contributed by atoms with Crippen LogP contribution in [-0.2, 0) is 9.59 Å². The van der Waals surface area contributed by atoms with Crippen LogP contribution >= 0.6 is 0 Å². The molecule has 0 aromatic heterocycles. The number of nitrogens with zero attached hydrogens (tertiary/aromatic N) is 2. The highest BCUT2D eigenvalue weighted by Gasteiger charge is 2.76. The first-order valence-corrected chi connectivity index (χ1v) is 11.4. The number of imide groups is 1. The second-order valence-electron chi connectivity index (χ2n) is 9.42. The SMILES string of the molecule is O=C1C2C3CCCN3C3(C(=O)c4ccccc4C3=O)C2C(=O)N1c1ccc2ccccc2c1. The molecule has 4 aliphatic rings. The fraction of sp³-hybridized carbons (Fsp3) is 0.259. The molecule has 6 nitrogen and oxygen atoms in total. The first kappa shape index (κ1) is 18.9. The van der Waals surface area contributed by atoms with Crippen molar-refractivity contribution in [2.75, 3.05) is 11.4 Å². The van der Waals surface area contributed by atoms with Crippen molar-refractivity contribution in [1.82, 2.24) is 4.90 Å². The summed E-state index contributed by atoms with van der Waals surface area (Å²) in [5, 5.41) is 1.93. The van der Waals surface area contributed by atoms with E-state index in [4.69, 9.17) is 0 Å². The third-order valence-corrected chi connectivity index (χ3v) is 8.07. The second kappa shape index (κ2) is 6.23. The van der Waals surface area contributed by atoms with Crippen LogP contribution in [0.4, 0.5) is 5.69 Å². The number of ketones is 2. The van der Waals surface area contributed by atoms with Gasteiger partial charge in [-0.3, -0.25) is 24.1 Å². The van der Waals surface area contributed by atoms with E-state index in [1.807, 2.05) is 41.3 Å². The molecule has 0 radical (unpaired) electrons. The Bertz CT molecular complexity index is 1390. The Hall–Kier alpha value is -3.64. The highest BCUT2D eigenvalue weighted by molar-refractivity contribution is 6.37. The Morgan fingerprint density at radius 2 is 1.42 bits per heavy atom. The molecule has 3 saturated heterocycles. The van der Waals surface area contributed by atoms with Crippen molar-refractivity contribution in [3.05, 3.63) is 77.9 Å². The van der Waals surface area contributed by atoms with Gasteiger partial charge in [0, 0.05) is 17.2 Å². The smallest absolute Gasteiger partial charge is 0.240 e. The lowest BCUT2D eigenvalue weighted by Crippen LogP contribution is -2.59. The quantitative estimate of drug-likeness (QED) is 0.433. The maximum absolute atomic E-state index is 13.9. The molecule has 2 amide bonds. The number of carbonyl (C=O) groups is 4. The molecule has 0 N–H and O–H groups in total. The van der Waals surface area contributed by atoms with Gasteiger partial charge in [-0.05, 0) is 42.3 Å². The van der Waals surface area contributed by atoms with Crippen LogP contribution in [0, 0.1) is 11.8 Å². The Labute approximate surface area is 189 Å². The van der Waals surface area contributed by atoms with E-state index in [1.54, 1.807) is 30.3 Å². The number of rotatable bonds is 1. The molecule has 3 aromatic rings. The molecule has 3 heterocycles. The summed E-state index contributed by atoms with van der Waals surface area (Å²) >= 11 is 0. The van der Waals surface area contributed by atoms with Gasteiger partial charge in [-0.15, -0.1) is 0 Å². The highest BCUT2D eigenvalue weighted by atomic mass is 16.2. The number of benzene rings is 3. The van der Waals surface area contributed by atoms with Gasteiger partial charge in [0.25, 0.3) is 0 Å². The second-order valence-corrected chi connectivity index (χ2v) is 9.42. The van der Waals surface area contributed by atoms with Crippen LogP contribution in [0.2, 0.25) is 0 Å². The van der Waals surface area contributed by atoms with E-state index in [2.05, 4.69) is 0 Å². The summed E-state index contributed by atoms with van der Waals surface area (Å²) in [5.41, 5.74) is -0.391. The Balaban J connectivity index is 1.41. The van der Waals surface area contributed by atoms with E-state index in [-0.39, 0.29) is 23.5 Å². The fourth-order valence-electron chi connectivity index (χ4n) is 6.81. The molecular formula is C27H20N2O4. The van der Waals surface area contributed by atoms with Gasteiger partial charge in [0.15, 0.2) is 17.1 Å². The van der Waals surface area contributed by atoms with Gasteiger partial charge in [-0.1, -0.05) is 54.6 Å². The lowest BCUT2D eigenvalue weighted by molar-refractivity contribution is -0.124. The van der Waals surface area contributed by atoms with Crippen LogP contribution < -0.4 is 4.90 Å². The summed E-state index contributed by atoms with van der Waals surface area (Å²) in [6, 6.07) is 19.8.